The van der Waals surface area contributed by atoms with Gasteiger partial charge in [-0.15, -0.1) is 0 Å². The van der Waals surface area contributed by atoms with Gasteiger partial charge in [-0.1, -0.05) is 25.0 Å². The van der Waals surface area contributed by atoms with Gasteiger partial charge in [0.15, 0.2) is 0 Å². The molecule has 2 rings (SSSR count). The molecule has 0 N–H and O–H groups in total. The molecule has 2 aliphatic rings. The molecule has 0 aromatic rings. The van der Waals surface area contributed by atoms with Gasteiger partial charge in [0.05, 0.1) is 6.10 Å². The lowest BCUT2D eigenvalue weighted by atomic mass is 9.89. The molecule has 0 aromatic carbocycles. The van der Waals surface area contributed by atoms with Crippen LogP contribution in [0.1, 0.15) is 66.2 Å². The van der Waals surface area contributed by atoms with Gasteiger partial charge >= 0.3 is 5.97 Å². The Labute approximate surface area is 117 Å². The van der Waals surface area contributed by atoms with E-state index >= 15 is 0 Å². The summed E-state index contributed by atoms with van der Waals surface area (Å²) in [5.41, 5.74) is 3.39. The van der Waals surface area contributed by atoms with Crippen molar-refractivity contribution in [3.05, 3.63) is 11.1 Å². The number of hydrogen-bond donors (Lipinski definition) is 0. The molecule has 0 heterocycles. The highest BCUT2D eigenvalue weighted by Gasteiger charge is 2.31. The summed E-state index contributed by atoms with van der Waals surface area (Å²) in [6.07, 6.45) is 6.78. The van der Waals surface area contributed by atoms with E-state index in [-0.39, 0.29) is 12.1 Å². The Morgan fingerprint density at radius 1 is 1.16 bits per heavy atom. The molecule has 0 aromatic heterocycles. The standard InChI is InChI=1S/C17H28O2/c1-11(2)19-17(18)10-14-7-5-12(3)15-8-6-13(4)16(15)9-14/h11-14H,5-10H2,1-4H3. The van der Waals surface area contributed by atoms with Crippen molar-refractivity contribution in [1.82, 2.24) is 0 Å². The van der Waals surface area contributed by atoms with Crippen LogP contribution in [0.3, 0.4) is 0 Å². The molecule has 3 atom stereocenters. The van der Waals surface area contributed by atoms with Gasteiger partial charge in [-0.2, -0.15) is 0 Å². The average molecular weight is 264 g/mol. The second-order valence-electron chi connectivity index (χ2n) is 6.78. The van der Waals surface area contributed by atoms with Crippen LogP contribution in [0.2, 0.25) is 0 Å². The lowest BCUT2D eigenvalue weighted by Gasteiger charge is -2.18. The molecule has 2 nitrogen and oxygen atoms in total. The summed E-state index contributed by atoms with van der Waals surface area (Å²) >= 11 is 0. The van der Waals surface area contributed by atoms with Crippen molar-refractivity contribution in [1.29, 1.82) is 0 Å². The van der Waals surface area contributed by atoms with E-state index in [9.17, 15) is 4.79 Å². The van der Waals surface area contributed by atoms with Gasteiger partial charge in [-0.3, -0.25) is 4.79 Å². The Bertz CT molecular complexity index is 367. The van der Waals surface area contributed by atoms with Gasteiger partial charge in [0, 0.05) is 6.42 Å². The Kier molecular flexibility index (Phi) is 4.70. The fourth-order valence-corrected chi connectivity index (χ4v) is 3.71. The maximum absolute atomic E-state index is 11.9. The third kappa shape index (κ3) is 3.61. The van der Waals surface area contributed by atoms with Crippen LogP contribution in [0.25, 0.3) is 0 Å². The first-order valence-corrected chi connectivity index (χ1v) is 7.88. The molecule has 2 aliphatic carbocycles. The second kappa shape index (κ2) is 6.11. The Morgan fingerprint density at radius 2 is 1.84 bits per heavy atom. The topological polar surface area (TPSA) is 26.3 Å². The summed E-state index contributed by atoms with van der Waals surface area (Å²) in [7, 11) is 0. The molecule has 0 radical (unpaired) electrons. The largest absolute Gasteiger partial charge is 0.463 e. The zero-order valence-corrected chi connectivity index (χ0v) is 12.9. The van der Waals surface area contributed by atoms with E-state index in [2.05, 4.69) is 13.8 Å². The van der Waals surface area contributed by atoms with E-state index < -0.39 is 0 Å². The molecular formula is C17H28O2. The van der Waals surface area contributed by atoms with Crippen LogP contribution in [0.5, 0.6) is 0 Å². The van der Waals surface area contributed by atoms with E-state index in [4.69, 9.17) is 4.74 Å². The van der Waals surface area contributed by atoms with Crippen molar-refractivity contribution in [2.45, 2.75) is 72.3 Å². The fourth-order valence-electron chi connectivity index (χ4n) is 3.71. The highest BCUT2D eigenvalue weighted by atomic mass is 16.5. The predicted molar refractivity (Wildman–Crippen MR) is 77.8 cm³/mol. The molecule has 0 saturated heterocycles. The van der Waals surface area contributed by atoms with E-state index in [0.717, 1.165) is 18.3 Å². The minimum atomic E-state index is -0.0117. The quantitative estimate of drug-likeness (QED) is 0.554. The van der Waals surface area contributed by atoms with Crippen molar-refractivity contribution in [3.8, 4) is 0 Å². The molecule has 108 valence electrons. The smallest absolute Gasteiger partial charge is 0.306 e. The molecule has 0 spiro atoms. The van der Waals surface area contributed by atoms with Gasteiger partial charge < -0.3 is 4.74 Å². The summed E-state index contributed by atoms with van der Waals surface area (Å²) in [4.78, 5) is 11.9. The summed E-state index contributed by atoms with van der Waals surface area (Å²) in [6.45, 7) is 8.56. The zero-order chi connectivity index (χ0) is 14.0. The van der Waals surface area contributed by atoms with Crippen LogP contribution < -0.4 is 0 Å². The van der Waals surface area contributed by atoms with E-state index in [1.54, 1.807) is 11.1 Å². The van der Waals surface area contributed by atoms with Crippen LogP contribution in [0.4, 0.5) is 0 Å². The number of carbonyl (C=O) groups excluding carboxylic acids is 1. The number of ether oxygens (including phenoxy) is 1. The average Bonchev–Trinajstić information content (AvgIpc) is 2.58. The second-order valence-corrected chi connectivity index (χ2v) is 6.78. The summed E-state index contributed by atoms with van der Waals surface area (Å²) in [6, 6.07) is 0. The normalized spacial score (nSPS) is 31.3. The highest BCUT2D eigenvalue weighted by molar-refractivity contribution is 5.69. The fraction of sp³-hybridized carbons (Fsp3) is 0.824. The summed E-state index contributed by atoms with van der Waals surface area (Å²) < 4.78 is 5.30. The van der Waals surface area contributed by atoms with E-state index in [0.29, 0.717) is 12.3 Å². The van der Waals surface area contributed by atoms with Crippen LogP contribution in [0.15, 0.2) is 11.1 Å². The maximum atomic E-state index is 11.9. The maximum Gasteiger partial charge on any atom is 0.306 e. The molecule has 0 bridgehead atoms. The number of rotatable bonds is 3. The van der Waals surface area contributed by atoms with Crippen LogP contribution in [-0.4, -0.2) is 12.1 Å². The zero-order valence-electron chi connectivity index (χ0n) is 12.9. The molecular weight excluding hydrogens is 236 g/mol. The summed E-state index contributed by atoms with van der Waals surface area (Å²) in [5, 5.41) is 0. The number of allylic oxidation sites excluding steroid dienone is 2. The number of carbonyl (C=O) groups is 1. The van der Waals surface area contributed by atoms with Crippen molar-refractivity contribution in [3.63, 3.8) is 0 Å². The molecule has 0 amide bonds. The molecule has 19 heavy (non-hydrogen) atoms. The first kappa shape index (κ1) is 14.6. The van der Waals surface area contributed by atoms with Crippen molar-refractivity contribution in [2.75, 3.05) is 0 Å². The molecule has 0 fully saturated rings. The predicted octanol–water partition coefficient (Wildman–Crippen LogP) is 4.49. The van der Waals surface area contributed by atoms with Crippen molar-refractivity contribution >= 4 is 5.97 Å². The third-order valence-corrected chi connectivity index (χ3v) is 4.79. The van der Waals surface area contributed by atoms with E-state index in [1.807, 2.05) is 13.8 Å². The van der Waals surface area contributed by atoms with Crippen LogP contribution >= 0.6 is 0 Å². The highest BCUT2D eigenvalue weighted by Crippen LogP contribution is 2.44. The Balaban J connectivity index is 1.99. The molecule has 3 unspecified atom stereocenters. The van der Waals surface area contributed by atoms with Gasteiger partial charge in [-0.05, 0) is 63.7 Å². The van der Waals surface area contributed by atoms with Crippen LogP contribution in [-0.2, 0) is 9.53 Å². The molecule has 0 aliphatic heterocycles. The van der Waals surface area contributed by atoms with Gasteiger partial charge in [-0.25, -0.2) is 0 Å². The monoisotopic (exact) mass is 264 g/mol. The lowest BCUT2D eigenvalue weighted by Crippen LogP contribution is -2.16. The van der Waals surface area contributed by atoms with Crippen LogP contribution in [0, 0.1) is 17.8 Å². The number of hydrogen-bond acceptors (Lipinski definition) is 2. The lowest BCUT2D eigenvalue weighted by molar-refractivity contribution is -0.148. The Morgan fingerprint density at radius 3 is 2.53 bits per heavy atom. The first-order valence-electron chi connectivity index (χ1n) is 7.88. The minimum absolute atomic E-state index is 0.0115. The van der Waals surface area contributed by atoms with E-state index in [1.165, 1.54) is 25.7 Å². The van der Waals surface area contributed by atoms with Gasteiger partial charge in [0.25, 0.3) is 0 Å². The SMILES string of the molecule is CC(C)OC(=O)CC1CCC(C)C2=C(C1)C(C)CC2. The van der Waals surface area contributed by atoms with Crippen molar-refractivity contribution in [2.24, 2.45) is 17.8 Å². The van der Waals surface area contributed by atoms with Crippen molar-refractivity contribution < 1.29 is 9.53 Å². The number of esters is 1. The van der Waals surface area contributed by atoms with Gasteiger partial charge in [0.1, 0.15) is 0 Å². The molecule has 2 heteroatoms. The molecule has 0 saturated carbocycles. The summed E-state index contributed by atoms with van der Waals surface area (Å²) in [5.74, 6) is 1.95. The first-order chi connectivity index (χ1) is 8.97. The third-order valence-electron chi connectivity index (χ3n) is 4.79. The van der Waals surface area contributed by atoms with Gasteiger partial charge in [0.2, 0.25) is 0 Å². The minimum Gasteiger partial charge on any atom is -0.463 e. The Hall–Kier alpha value is -0.790.